The van der Waals surface area contributed by atoms with E-state index in [1.807, 2.05) is 26.0 Å². The van der Waals surface area contributed by atoms with Gasteiger partial charge in [-0.25, -0.2) is 4.79 Å². The van der Waals surface area contributed by atoms with E-state index < -0.39 is 5.97 Å². The molecule has 0 aliphatic carbocycles. The van der Waals surface area contributed by atoms with E-state index in [2.05, 4.69) is 6.07 Å². The smallest absolute Gasteiger partial charge is 0.336 e. The van der Waals surface area contributed by atoms with Crippen LogP contribution in [-0.2, 0) is 0 Å². The van der Waals surface area contributed by atoms with E-state index in [1.54, 1.807) is 12.1 Å². The molecule has 92 valence electrons. The van der Waals surface area contributed by atoms with Gasteiger partial charge in [0.1, 0.15) is 0 Å². The third-order valence-corrected chi connectivity index (χ3v) is 2.98. The highest BCUT2D eigenvalue weighted by molar-refractivity contribution is 6.31. The van der Waals surface area contributed by atoms with Crippen molar-refractivity contribution in [3.8, 4) is 11.1 Å². The topological polar surface area (TPSA) is 37.3 Å². The van der Waals surface area contributed by atoms with Crippen molar-refractivity contribution in [1.29, 1.82) is 0 Å². The van der Waals surface area contributed by atoms with Gasteiger partial charge in [-0.3, -0.25) is 0 Å². The predicted molar refractivity (Wildman–Crippen MR) is 73.3 cm³/mol. The number of benzene rings is 2. The number of carboxylic acids is 1. The van der Waals surface area contributed by atoms with Crippen molar-refractivity contribution in [2.24, 2.45) is 0 Å². The van der Waals surface area contributed by atoms with Gasteiger partial charge in [0.15, 0.2) is 0 Å². The van der Waals surface area contributed by atoms with E-state index in [1.165, 1.54) is 6.07 Å². The Morgan fingerprint density at radius 3 is 2.22 bits per heavy atom. The van der Waals surface area contributed by atoms with Crippen LogP contribution in [0.25, 0.3) is 11.1 Å². The molecule has 0 spiro atoms. The van der Waals surface area contributed by atoms with E-state index in [0.717, 1.165) is 16.7 Å². The standard InChI is InChI=1S/C15H13ClO2/c1-9-5-10(2)7-11(6-9)13-4-3-12(16)8-14(13)15(17)18/h3-8H,1-2H3,(H,17,18). The summed E-state index contributed by atoms with van der Waals surface area (Å²) in [4.78, 5) is 11.3. The zero-order chi connectivity index (χ0) is 13.3. The average Bonchev–Trinajstić information content (AvgIpc) is 2.27. The highest BCUT2D eigenvalue weighted by atomic mass is 35.5. The van der Waals surface area contributed by atoms with Gasteiger partial charge in [-0.1, -0.05) is 47.0 Å². The van der Waals surface area contributed by atoms with Crippen LogP contribution in [0.4, 0.5) is 0 Å². The molecule has 0 heterocycles. The fourth-order valence-corrected chi connectivity index (χ4v) is 2.25. The summed E-state index contributed by atoms with van der Waals surface area (Å²) in [7, 11) is 0. The summed E-state index contributed by atoms with van der Waals surface area (Å²) in [6.45, 7) is 3.99. The van der Waals surface area contributed by atoms with Crippen LogP contribution in [0.15, 0.2) is 36.4 Å². The quantitative estimate of drug-likeness (QED) is 0.873. The number of carbonyl (C=O) groups is 1. The second-order valence-corrected chi connectivity index (χ2v) is 4.81. The molecule has 0 aliphatic heterocycles. The highest BCUT2D eigenvalue weighted by Gasteiger charge is 2.12. The number of halogens is 1. The average molecular weight is 261 g/mol. The van der Waals surface area contributed by atoms with Gasteiger partial charge < -0.3 is 5.11 Å². The largest absolute Gasteiger partial charge is 0.478 e. The molecule has 0 atom stereocenters. The lowest BCUT2D eigenvalue weighted by molar-refractivity contribution is 0.0697. The maximum Gasteiger partial charge on any atom is 0.336 e. The van der Waals surface area contributed by atoms with Crippen LogP contribution in [0, 0.1) is 13.8 Å². The molecular weight excluding hydrogens is 248 g/mol. The fourth-order valence-electron chi connectivity index (χ4n) is 2.08. The summed E-state index contributed by atoms with van der Waals surface area (Å²) in [5.41, 5.74) is 4.04. The molecule has 2 nitrogen and oxygen atoms in total. The molecule has 0 aromatic heterocycles. The fraction of sp³-hybridized carbons (Fsp3) is 0.133. The van der Waals surface area contributed by atoms with Crippen LogP contribution in [-0.4, -0.2) is 11.1 Å². The van der Waals surface area contributed by atoms with E-state index in [4.69, 9.17) is 11.6 Å². The van der Waals surface area contributed by atoms with Crippen molar-refractivity contribution >= 4 is 17.6 Å². The number of rotatable bonds is 2. The summed E-state index contributed by atoms with van der Waals surface area (Å²) >= 11 is 5.85. The van der Waals surface area contributed by atoms with Crippen LogP contribution in [0.1, 0.15) is 21.5 Å². The Morgan fingerprint density at radius 1 is 1.06 bits per heavy atom. The van der Waals surface area contributed by atoms with Gasteiger partial charge in [0.2, 0.25) is 0 Å². The number of aryl methyl sites for hydroxylation is 2. The first-order valence-corrected chi connectivity index (χ1v) is 5.96. The molecule has 0 bridgehead atoms. The van der Waals surface area contributed by atoms with Crippen molar-refractivity contribution in [3.63, 3.8) is 0 Å². The van der Waals surface area contributed by atoms with Crippen LogP contribution < -0.4 is 0 Å². The lowest BCUT2D eigenvalue weighted by Crippen LogP contribution is -1.99. The molecule has 3 heteroatoms. The van der Waals surface area contributed by atoms with Crippen molar-refractivity contribution in [1.82, 2.24) is 0 Å². The summed E-state index contributed by atoms with van der Waals surface area (Å²) in [6.07, 6.45) is 0. The van der Waals surface area contributed by atoms with Crippen molar-refractivity contribution in [3.05, 3.63) is 58.1 Å². The van der Waals surface area contributed by atoms with Crippen LogP contribution in [0.5, 0.6) is 0 Å². The molecule has 0 saturated heterocycles. The zero-order valence-electron chi connectivity index (χ0n) is 10.2. The Kier molecular flexibility index (Phi) is 3.39. The minimum absolute atomic E-state index is 0.229. The Morgan fingerprint density at radius 2 is 1.67 bits per heavy atom. The molecule has 0 unspecified atom stereocenters. The minimum atomic E-state index is -0.966. The van der Waals surface area contributed by atoms with Gasteiger partial charge in [0.25, 0.3) is 0 Å². The van der Waals surface area contributed by atoms with E-state index in [9.17, 15) is 9.90 Å². The Bertz CT molecular complexity index is 598. The van der Waals surface area contributed by atoms with Gasteiger partial charge in [-0.05, 0) is 37.1 Å². The van der Waals surface area contributed by atoms with Crippen molar-refractivity contribution < 1.29 is 9.90 Å². The van der Waals surface area contributed by atoms with Crippen LogP contribution >= 0.6 is 11.6 Å². The first-order chi connectivity index (χ1) is 8.47. The lowest BCUT2D eigenvalue weighted by atomic mass is 9.96. The third-order valence-electron chi connectivity index (χ3n) is 2.74. The Balaban J connectivity index is 2.66. The van der Waals surface area contributed by atoms with E-state index >= 15 is 0 Å². The van der Waals surface area contributed by atoms with E-state index in [-0.39, 0.29) is 5.56 Å². The van der Waals surface area contributed by atoms with Gasteiger partial charge in [-0.15, -0.1) is 0 Å². The van der Waals surface area contributed by atoms with Crippen molar-refractivity contribution in [2.75, 3.05) is 0 Å². The van der Waals surface area contributed by atoms with Gasteiger partial charge >= 0.3 is 5.97 Å². The highest BCUT2D eigenvalue weighted by Crippen LogP contribution is 2.28. The predicted octanol–water partition coefficient (Wildman–Crippen LogP) is 4.32. The van der Waals surface area contributed by atoms with Crippen LogP contribution in [0.2, 0.25) is 5.02 Å². The molecule has 2 rings (SSSR count). The minimum Gasteiger partial charge on any atom is -0.478 e. The number of carboxylic acid groups (broad SMARTS) is 1. The SMILES string of the molecule is Cc1cc(C)cc(-c2ccc(Cl)cc2C(=O)O)c1. The van der Waals surface area contributed by atoms with E-state index in [0.29, 0.717) is 10.6 Å². The monoisotopic (exact) mass is 260 g/mol. The summed E-state index contributed by atoms with van der Waals surface area (Å²) < 4.78 is 0. The molecular formula is C15H13ClO2. The number of hydrogen-bond acceptors (Lipinski definition) is 1. The summed E-state index contributed by atoms with van der Waals surface area (Å²) in [5, 5.41) is 9.66. The molecule has 0 amide bonds. The Labute approximate surface area is 111 Å². The molecule has 1 N–H and O–H groups in total. The lowest BCUT2D eigenvalue weighted by Gasteiger charge is -2.09. The Hall–Kier alpha value is -1.80. The molecule has 2 aromatic carbocycles. The maximum absolute atomic E-state index is 11.3. The zero-order valence-corrected chi connectivity index (χ0v) is 11.0. The summed E-state index contributed by atoms with van der Waals surface area (Å²) in [5.74, 6) is -0.966. The van der Waals surface area contributed by atoms with Gasteiger partial charge in [0, 0.05) is 5.02 Å². The van der Waals surface area contributed by atoms with Gasteiger partial charge in [-0.2, -0.15) is 0 Å². The second-order valence-electron chi connectivity index (χ2n) is 4.37. The number of hydrogen-bond donors (Lipinski definition) is 1. The third kappa shape index (κ3) is 2.54. The second kappa shape index (κ2) is 4.83. The summed E-state index contributed by atoms with van der Waals surface area (Å²) in [6, 6.07) is 10.9. The van der Waals surface area contributed by atoms with Crippen molar-refractivity contribution in [2.45, 2.75) is 13.8 Å². The molecule has 0 fully saturated rings. The van der Waals surface area contributed by atoms with Gasteiger partial charge in [0.05, 0.1) is 5.56 Å². The van der Waals surface area contributed by atoms with Crippen LogP contribution in [0.3, 0.4) is 0 Å². The molecule has 0 radical (unpaired) electrons. The first kappa shape index (κ1) is 12.7. The molecule has 0 saturated carbocycles. The normalized spacial score (nSPS) is 10.4. The first-order valence-electron chi connectivity index (χ1n) is 5.59. The molecule has 18 heavy (non-hydrogen) atoms. The number of aromatic carboxylic acids is 1. The molecule has 0 aliphatic rings. The maximum atomic E-state index is 11.3. The molecule has 2 aromatic rings.